The largest absolute Gasteiger partial charge is 0.756 e. The van der Waals surface area contributed by atoms with Gasteiger partial charge >= 0.3 is 0 Å². The van der Waals surface area contributed by atoms with Crippen molar-refractivity contribution in [2.24, 2.45) is 5.73 Å². The maximum absolute atomic E-state index is 11.2. The minimum Gasteiger partial charge on any atom is -0.756 e. The van der Waals surface area contributed by atoms with E-state index in [0.29, 0.717) is 6.42 Å². The Kier molecular flexibility index (Phi) is 5.03. The minimum atomic E-state index is -4.96. The molecule has 1 amide bonds. The highest BCUT2D eigenvalue weighted by molar-refractivity contribution is 7.44. The zero-order valence-corrected chi connectivity index (χ0v) is 12.2. The van der Waals surface area contributed by atoms with Crippen LogP contribution in [-0.2, 0) is 18.6 Å². The predicted octanol–water partition coefficient (Wildman–Crippen LogP) is -2.50. The van der Waals surface area contributed by atoms with Gasteiger partial charge < -0.3 is 39.9 Å². The summed E-state index contributed by atoms with van der Waals surface area (Å²) in [5, 5.41) is 19.8. The monoisotopic (exact) mass is 335 g/mol. The highest BCUT2D eigenvalue weighted by Gasteiger charge is 2.45. The number of aliphatic hydroxyl groups excluding tert-OH is 2. The number of ether oxygens (including phenoxy) is 1. The van der Waals surface area contributed by atoms with E-state index < -0.39 is 44.9 Å². The zero-order chi connectivity index (χ0) is 16.5. The summed E-state index contributed by atoms with van der Waals surface area (Å²) in [5.41, 5.74) is 5.46. The van der Waals surface area contributed by atoms with Crippen LogP contribution < -0.4 is 10.6 Å². The summed E-state index contributed by atoms with van der Waals surface area (Å²) in [6.45, 7) is -0.657. The molecule has 0 aliphatic carbocycles. The maximum atomic E-state index is 11.2. The third kappa shape index (κ3) is 3.93. The number of carbonyl (C=O) groups excluding carboxylic acids is 1. The van der Waals surface area contributed by atoms with Gasteiger partial charge in [-0.1, -0.05) is 6.08 Å². The summed E-state index contributed by atoms with van der Waals surface area (Å²) < 4.78 is 20.0. The van der Waals surface area contributed by atoms with Gasteiger partial charge in [0.25, 0.3) is 7.82 Å². The summed E-state index contributed by atoms with van der Waals surface area (Å²) in [5.74, 6) is -0.630. The molecule has 1 saturated heterocycles. The molecule has 1 fully saturated rings. The second-order valence-corrected chi connectivity index (χ2v) is 6.06. The van der Waals surface area contributed by atoms with Crippen molar-refractivity contribution in [1.82, 2.24) is 4.90 Å². The molecule has 11 heteroatoms. The van der Waals surface area contributed by atoms with Gasteiger partial charge in [-0.25, -0.2) is 0 Å². The summed E-state index contributed by atoms with van der Waals surface area (Å²) in [7, 11) is -4.96. The molecule has 1 unspecified atom stereocenters. The van der Waals surface area contributed by atoms with Crippen molar-refractivity contribution in [3.63, 3.8) is 0 Å². The molecule has 5 atom stereocenters. The Morgan fingerprint density at radius 2 is 2.23 bits per heavy atom. The topological polar surface area (TPSA) is 166 Å². The standard InChI is InChI=1S/C11H17N2O8P/c12-10(16)6-2-1-3-13(4-6)11-9(15)8(14)7(21-11)5-20-22(17,18)19/h1,3-4,7-9,11,14-15H,2,5H2,(H2,12,16)(H2,17,18,19)/p-1/t7-,8-,9-,11-/m1/s1. The van der Waals surface area contributed by atoms with Crippen molar-refractivity contribution < 1.29 is 38.6 Å². The second kappa shape index (κ2) is 6.47. The lowest BCUT2D eigenvalue weighted by Gasteiger charge is -2.28. The third-order valence-corrected chi connectivity index (χ3v) is 3.75. The van der Waals surface area contributed by atoms with Crippen LogP contribution in [0.5, 0.6) is 0 Å². The van der Waals surface area contributed by atoms with Gasteiger partial charge in [0, 0.05) is 18.0 Å². The first-order chi connectivity index (χ1) is 10.2. The summed E-state index contributed by atoms with van der Waals surface area (Å²) >= 11 is 0. The van der Waals surface area contributed by atoms with Crippen molar-refractivity contribution in [3.05, 3.63) is 24.0 Å². The van der Waals surface area contributed by atoms with E-state index in [2.05, 4.69) is 4.52 Å². The van der Waals surface area contributed by atoms with Crippen molar-refractivity contribution in [1.29, 1.82) is 0 Å². The molecule has 0 saturated carbocycles. The predicted molar refractivity (Wildman–Crippen MR) is 69.3 cm³/mol. The van der Waals surface area contributed by atoms with Crippen LogP contribution in [0.25, 0.3) is 0 Å². The van der Waals surface area contributed by atoms with E-state index in [0.717, 1.165) is 0 Å². The Morgan fingerprint density at radius 3 is 2.82 bits per heavy atom. The molecule has 2 rings (SSSR count). The molecule has 0 spiro atoms. The normalized spacial score (nSPS) is 34.4. The molecular formula is C11H16N2O8P-. The number of hydrogen-bond acceptors (Lipinski definition) is 8. The Bertz CT molecular complexity index is 544. The van der Waals surface area contributed by atoms with Crippen LogP contribution in [-0.4, -0.2) is 57.1 Å². The minimum absolute atomic E-state index is 0.284. The Balaban J connectivity index is 2.06. The van der Waals surface area contributed by atoms with Gasteiger partial charge in [-0.15, -0.1) is 0 Å². The lowest BCUT2D eigenvalue weighted by atomic mass is 10.1. The van der Waals surface area contributed by atoms with Crippen molar-refractivity contribution in [2.75, 3.05) is 6.61 Å². The highest BCUT2D eigenvalue weighted by Crippen LogP contribution is 2.33. The van der Waals surface area contributed by atoms with Crippen LogP contribution >= 0.6 is 7.82 Å². The van der Waals surface area contributed by atoms with Gasteiger partial charge in [-0.3, -0.25) is 9.36 Å². The molecule has 22 heavy (non-hydrogen) atoms. The number of hydrogen-bond donors (Lipinski definition) is 4. The zero-order valence-electron chi connectivity index (χ0n) is 11.3. The van der Waals surface area contributed by atoms with Crippen LogP contribution in [0, 0.1) is 0 Å². The van der Waals surface area contributed by atoms with Gasteiger partial charge in [-0.2, -0.15) is 0 Å². The third-order valence-electron chi connectivity index (χ3n) is 3.27. The van der Waals surface area contributed by atoms with Gasteiger partial charge in [0.15, 0.2) is 6.23 Å². The molecule has 124 valence electrons. The van der Waals surface area contributed by atoms with Crippen molar-refractivity contribution in [3.8, 4) is 0 Å². The first kappa shape index (κ1) is 17.1. The molecule has 10 nitrogen and oxygen atoms in total. The number of nitrogens with two attached hydrogens (primary N) is 1. The van der Waals surface area contributed by atoms with Crippen molar-refractivity contribution in [2.45, 2.75) is 31.0 Å². The van der Waals surface area contributed by atoms with Crippen LogP contribution in [0.1, 0.15) is 6.42 Å². The Morgan fingerprint density at radius 1 is 1.55 bits per heavy atom. The van der Waals surface area contributed by atoms with Crippen LogP contribution in [0.4, 0.5) is 0 Å². The molecule has 0 aromatic rings. The van der Waals surface area contributed by atoms with E-state index in [-0.39, 0.29) is 5.57 Å². The van der Waals surface area contributed by atoms with Gasteiger partial charge in [0.1, 0.15) is 18.3 Å². The van der Waals surface area contributed by atoms with Gasteiger partial charge in [-0.05, 0) is 6.42 Å². The van der Waals surface area contributed by atoms with E-state index in [1.54, 1.807) is 6.08 Å². The quantitative estimate of drug-likeness (QED) is 0.397. The van der Waals surface area contributed by atoms with Crippen LogP contribution in [0.2, 0.25) is 0 Å². The number of phosphoric ester groups is 1. The second-order valence-electron chi connectivity index (χ2n) is 4.87. The first-order valence-corrected chi connectivity index (χ1v) is 7.83. The summed E-state index contributed by atoms with van der Waals surface area (Å²) in [4.78, 5) is 31.6. The number of rotatable bonds is 5. The lowest BCUT2D eigenvalue weighted by Crippen LogP contribution is -2.40. The van der Waals surface area contributed by atoms with Gasteiger partial charge in [0.2, 0.25) is 5.91 Å². The smallest absolute Gasteiger partial charge is 0.265 e. The van der Waals surface area contributed by atoms with E-state index in [1.807, 2.05) is 0 Å². The highest BCUT2D eigenvalue weighted by atomic mass is 31.2. The molecule has 2 aliphatic heterocycles. The number of amides is 1. The summed E-state index contributed by atoms with van der Waals surface area (Å²) in [6.07, 6.45) is -0.199. The number of carbonyl (C=O) groups is 1. The fourth-order valence-corrected chi connectivity index (χ4v) is 2.52. The molecule has 0 aromatic carbocycles. The number of aliphatic hydroxyl groups is 2. The summed E-state index contributed by atoms with van der Waals surface area (Å²) in [6, 6.07) is 0. The molecule has 2 heterocycles. The number of primary amides is 1. The fraction of sp³-hybridized carbons (Fsp3) is 0.545. The maximum Gasteiger partial charge on any atom is 0.265 e. The molecule has 2 aliphatic rings. The van der Waals surface area contributed by atoms with E-state index >= 15 is 0 Å². The molecule has 5 N–H and O–H groups in total. The van der Waals surface area contributed by atoms with Crippen molar-refractivity contribution >= 4 is 13.7 Å². The average molecular weight is 335 g/mol. The number of nitrogens with zero attached hydrogens (tertiary/aromatic N) is 1. The van der Waals surface area contributed by atoms with Crippen LogP contribution in [0.15, 0.2) is 24.0 Å². The first-order valence-electron chi connectivity index (χ1n) is 6.33. The molecular weight excluding hydrogens is 319 g/mol. The Hall–Kier alpha value is -1.26. The fourth-order valence-electron chi connectivity index (χ4n) is 2.18. The number of allylic oxidation sites excluding steroid dienone is 1. The lowest BCUT2D eigenvalue weighted by molar-refractivity contribution is -0.223. The molecule has 0 radical (unpaired) electrons. The van der Waals surface area contributed by atoms with E-state index in [1.165, 1.54) is 17.3 Å². The average Bonchev–Trinajstić information content (AvgIpc) is 2.72. The number of phosphoric acid groups is 1. The SMILES string of the molecule is NC(=O)C1=CN([C@@H]2O[C@H](COP(=O)([O-])O)[C@@H](O)[C@H]2O)C=CC1. The molecule has 0 aromatic heterocycles. The molecule has 0 bridgehead atoms. The van der Waals surface area contributed by atoms with Gasteiger partial charge in [0.05, 0.1) is 6.61 Å². The van der Waals surface area contributed by atoms with E-state index in [4.69, 9.17) is 15.4 Å². The van der Waals surface area contributed by atoms with E-state index in [9.17, 15) is 24.5 Å². The Labute approximate surface area is 125 Å². The van der Waals surface area contributed by atoms with Crippen LogP contribution in [0.3, 0.4) is 0 Å².